The molecule has 2 aromatic rings. The highest BCUT2D eigenvalue weighted by molar-refractivity contribution is 7.98. The number of hydrogen-bond acceptors (Lipinski definition) is 4. The van der Waals surface area contributed by atoms with Gasteiger partial charge in [-0.2, -0.15) is 4.39 Å². The molecule has 1 aromatic carbocycles. The molecule has 0 aliphatic rings. The fourth-order valence-electron chi connectivity index (χ4n) is 2.61. The van der Waals surface area contributed by atoms with Crippen molar-refractivity contribution in [2.24, 2.45) is 5.92 Å². The number of fused-ring (bicyclic) bond motifs is 1. The summed E-state index contributed by atoms with van der Waals surface area (Å²) in [5.41, 5.74) is 0.966. The van der Waals surface area contributed by atoms with E-state index in [9.17, 15) is 9.18 Å². The topological polar surface area (TPSA) is 36.2 Å². The largest absolute Gasteiger partial charge is 0.461 e. The minimum absolute atomic E-state index is 0.110. The molecule has 0 amide bonds. The van der Waals surface area contributed by atoms with E-state index in [1.54, 1.807) is 11.5 Å². The van der Waals surface area contributed by atoms with E-state index in [4.69, 9.17) is 4.74 Å². The summed E-state index contributed by atoms with van der Waals surface area (Å²) in [5.74, 6) is 0.104. The molecule has 4 nitrogen and oxygen atoms in total. The normalized spacial score (nSPS) is 11.9. The molecule has 0 saturated heterocycles. The quantitative estimate of drug-likeness (QED) is 0.195. The summed E-state index contributed by atoms with van der Waals surface area (Å²) in [6, 6.07) is 3.98. The Kier molecular flexibility index (Phi) is 10.7. The lowest BCUT2D eigenvalue weighted by Gasteiger charge is -2.24. The number of carbonyl (C=O) groups is 1. The minimum Gasteiger partial charge on any atom is -0.461 e. The Morgan fingerprint density at radius 2 is 1.90 bits per heavy atom. The number of benzene rings is 1. The molecular formula is C23H35FN2O2S2. The summed E-state index contributed by atoms with van der Waals surface area (Å²) < 4.78 is 24.1. The van der Waals surface area contributed by atoms with E-state index in [-0.39, 0.29) is 11.8 Å². The zero-order valence-corrected chi connectivity index (χ0v) is 21.0. The number of thioether (sulfide) groups is 1. The molecule has 0 fully saturated rings. The monoisotopic (exact) mass is 454 g/mol. The van der Waals surface area contributed by atoms with Gasteiger partial charge in [0.1, 0.15) is 12.0 Å². The second-order valence-electron chi connectivity index (χ2n) is 8.34. The van der Waals surface area contributed by atoms with Gasteiger partial charge in [0.15, 0.2) is 12.1 Å². The maximum Gasteiger partial charge on any atom is 0.197 e. The van der Waals surface area contributed by atoms with Crippen LogP contribution in [0.2, 0.25) is 0 Å². The number of aldehydes is 1. The Labute approximate surface area is 188 Å². The average molecular weight is 455 g/mol. The highest BCUT2D eigenvalue weighted by Crippen LogP contribution is 2.35. The molecule has 0 unspecified atom stereocenters. The number of ether oxygens (including phenoxy) is 1. The zero-order valence-electron chi connectivity index (χ0n) is 19.4. The van der Waals surface area contributed by atoms with E-state index in [1.165, 1.54) is 18.2 Å². The molecule has 30 heavy (non-hydrogen) atoms. The Morgan fingerprint density at radius 3 is 2.40 bits per heavy atom. The van der Waals surface area contributed by atoms with E-state index in [0.29, 0.717) is 11.7 Å². The zero-order chi connectivity index (χ0) is 22.9. The van der Waals surface area contributed by atoms with Crippen molar-refractivity contribution in [3.63, 3.8) is 0 Å². The first-order valence-electron chi connectivity index (χ1n) is 10.2. The summed E-state index contributed by atoms with van der Waals surface area (Å²) in [6.07, 6.45) is 8.38. The summed E-state index contributed by atoms with van der Waals surface area (Å²) in [7, 11) is 0. The van der Waals surface area contributed by atoms with E-state index in [1.807, 2.05) is 12.3 Å². The van der Waals surface area contributed by atoms with Gasteiger partial charge in [-0.15, -0.1) is 11.8 Å². The van der Waals surface area contributed by atoms with Gasteiger partial charge in [-0.25, -0.2) is 0 Å². The van der Waals surface area contributed by atoms with Crippen molar-refractivity contribution < 1.29 is 13.9 Å². The van der Waals surface area contributed by atoms with Crippen LogP contribution in [0.3, 0.4) is 0 Å². The maximum atomic E-state index is 13.2. The van der Waals surface area contributed by atoms with E-state index < -0.39 is 5.83 Å². The number of hydrogen-bond donors (Lipinski definition) is 0. The summed E-state index contributed by atoms with van der Waals surface area (Å²) >= 11 is 3.15. The highest BCUT2D eigenvalue weighted by atomic mass is 32.2. The molecule has 1 aromatic heterocycles. The number of rotatable bonds is 6. The van der Waals surface area contributed by atoms with Gasteiger partial charge in [0, 0.05) is 30.5 Å². The molecule has 0 bridgehead atoms. The summed E-state index contributed by atoms with van der Waals surface area (Å²) in [4.78, 5) is 11.4. The fraction of sp³-hybridized carbons (Fsp3) is 0.522. The van der Waals surface area contributed by atoms with Crippen LogP contribution in [-0.2, 0) is 16.9 Å². The molecular weight excluding hydrogens is 419 g/mol. The van der Waals surface area contributed by atoms with Crippen molar-refractivity contribution in [3.8, 4) is 5.75 Å². The fourth-order valence-corrected chi connectivity index (χ4v) is 4.30. The lowest BCUT2D eigenvalue weighted by atomic mass is 10.1. The van der Waals surface area contributed by atoms with E-state index in [2.05, 4.69) is 75.4 Å². The van der Waals surface area contributed by atoms with Crippen LogP contribution in [0, 0.1) is 5.92 Å². The van der Waals surface area contributed by atoms with Crippen molar-refractivity contribution in [1.82, 2.24) is 8.52 Å². The summed E-state index contributed by atoms with van der Waals surface area (Å²) in [5, 5.41) is 0. The smallest absolute Gasteiger partial charge is 0.197 e. The van der Waals surface area contributed by atoms with Gasteiger partial charge in [0.2, 0.25) is 0 Å². The maximum absolute atomic E-state index is 13.2. The number of nitrogens with zero attached hydrogens (tertiary/aromatic N) is 2. The van der Waals surface area contributed by atoms with Crippen molar-refractivity contribution >= 4 is 39.8 Å². The number of carbonyl (C=O) groups excluding carboxylic acids is 1. The number of halogens is 1. The first kappa shape index (κ1) is 26.3. The van der Waals surface area contributed by atoms with Gasteiger partial charge in [0.25, 0.3) is 0 Å². The van der Waals surface area contributed by atoms with Crippen LogP contribution in [-0.4, -0.2) is 21.1 Å². The van der Waals surface area contributed by atoms with Gasteiger partial charge in [-0.05, 0) is 39.0 Å². The third-order valence-corrected chi connectivity index (χ3v) is 5.57. The average Bonchev–Trinajstić information content (AvgIpc) is 2.83. The molecule has 0 spiro atoms. The third kappa shape index (κ3) is 7.84. The van der Waals surface area contributed by atoms with Crippen LogP contribution in [0.15, 0.2) is 41.5 Å². The van der Waals surface area contributed by atoms with Crippen molar-refractivity contribution in [2.45, 2.75) is 71.9 Å². The predicted molar refractivity (Wildman–Crippen MR) is 129 cm³/mol. The number of allylic oxidation sites excluding steroid dienone is 1. The Bertz CT molecular complexity index is 900. The molecule has 0 N–H and O–H groups in total. The lowest BCUT2D eigenvalue weighted by Crippen LogP contribution is -2.21. The molecule has 0 aliphatic heterocycles. The third-order valence-electron chi connectivity index (χ3n) is 3.78. The molecule has 0 aliphatic carbocycles. The van der Waals surface area contributed by atoms with Crippen LogP contribution in [0.5, 0.6) is 5.75 Å². The number of aromatic nitrogens is 2. The molecule has 0 radical (unpaired) electrons. The highest BCUT2D eigenvalue weighted by Gasteiger charge is 2.16. The van der Waals surface area contributed by atoms with Gasteiger partial charge in [0.05, 0.1) is 15.1 Å². The van der Waals surface area contributed by atoms with Gasteiger partial charge >= 0.3 is 0 Å². The van der Waals surface area contributed by atoms with Crippen molar-refractivity contribution in [1.29, 1.82) is 0 Å². The molecule has 7 heteroatoms. The van der Waals surface area contributed by atoms with Gasteiger partial charge < -0.3 is 13.3 Å². The molecule has 168 valence electrons. The SMILES string of the molecule is CCC.CSc1cc2c(cc1O/C=C(\F)C=O)sn(CC(C)C)ccn2C(C)(C)C. The second-order valence-corrected chi connectivity index (χ2v) is 10.3. The molecule has 2 rings (SSSR count). The van der Waals surface area contributed by atoms with Gasteiger partial charge in [-0.3, -0.25) is 4.79 Å². The Hall–Kier alpha value is -1.73. The predicted octanol–water partition coefficient (Wildman–Crippen LogP) is 7.57. The first-order chi connectivity index (χ1) is 14.1. The molecule has 0 saturated carbocycles. The van der Waals surface area contributed by atoms with Gasteiger partial charge in [-0.1, -0.05) is 45.6 Å². The molecule has 1 heterocycles. The van der Waals surface area contributed by atoms with Crippen LogP contribution in [0.1, 0.15) is 54.9 Å². The molecule has 0 atom stereocenters. The van der Waals surface area contributed by atoms with Crippen LogP contribution in [0.25, 0.3) is 10.2 Å². The van der Waals surface area contributed by atoms with E-state index in [0.717, 1.165) is 27.9 Å². The van der Waals surface area contributed by atoms with Crippen LogP contribution < -0.4 is 4.74 Å². The Morgan fingerprint density at radius 1 is 1.27 bits per heavy atom. The lowest BCUT2D eigenvalue weighted by molar-refractivity contribution is -0.106. The second kappa shape index (κ2) is 12.2. The van der Waals surface area contributed by atoms with Crippen LogP contribution in [0.4, 0.5) is 4.39 Å². The van der Waals surface area contributed by atoms with E-state index >= 15 is 0 Å². The van der Waals surface area contributed by atoms with Crippen LogP contribution >= 0.6 is 23.3 Å². The minimum atomic E-state index is -0.941. The first-order valence-corrected chi connectivity index (χ1v) is 12.2. The van der Waals surface area contributed by atoms with Crippen molar-refractivity contribution in [3.05, 3.63) is 36.6 Å². The standard InChI is InChI=1S/C20H27FN2O2S2.C3H8/c1-14(2)11-22-7-8-23(20(3,4)5)16-9-19(26-6)17(10-18(16)27-22)25-13-15(21)12-24;1-3-2/h7-10,12-14H,11H2,1-6H3;3H2,1-2H3/b15-13-;. The van der Waals surface area contributed by atoms with Crippen molar-refractivity contribution in [2.75, 3.05) is 6.26 Å². The Balaban J connectivity index is 0.00000141. The summed E-state index contributed by atoms with van der Waals surface area (Å²) in [6.45, 7) is 16.0.